The number of hydrogen-bond donors (Lipinski definition) is 1. The minimum atomic E-state index is -0.244. The van der Waals surface area contributed by atoms with E-state index in [1.54, 1.807) is 12.1 Å². The summed E-state index contributed by atoms with van der Waals surface area (Å²) in [7, 11) is 0. The van der Waals surface area contributed by atoms with E-state index in [0.717, 1.165) is 16.9 Å². The van der Waals surface area contributed by atoms with Crippen LogP contribution < -0.4 is 5.32 Å². The maximum absolute atomic E-state index is 11.9. The molecule has 0 aliphatic rings. The molecule has 4 nitrogen and oxygen atoms in total. The second-order valence-corrected chi connectivity index (χ2v) is 3.83. The quantitative estimate of drug-likeness (QED) is 0.856. The molecule has 1 aromatic carbocycles. The summed E-state index contributed by atoms with van der Waals surface area (Å²) in [5, 5.41) is 10.5. The fourth-order valence-corrected chi connectivity index (χ4v) is 1.42. The molecule has 4 heteroatoms. The van der Waals surface area contributed by atoms with Crippen molar-refractivity contribution in [1.82, 2.24) is 10.2 Å². The van der Waals surface area contributed by atoms with Crippen molar-refractivity contribution in [1.29, 1.82) is 0 Å². The van der Waals surface area contributed by atoms with Gasteiger partial charge in [0.15, 0.2) is 5.69 Å². The molecule has 1 N–H and O–H groups in total. The van der Waals surface area contributed by atoms with Gasteiger partial charge in [-0.3, -0.25) is 4.79 Å². The number of rotatable bonds is 2. The van der Waals surface area contributed by atoms with Crippen LogP contribution in [-0.4, -0.2) is 16.1 Å². The molecular formula is C13H13N3O. The number of nitrogens with zero attached hydrogens (tertiary/aromatic N) is 2. The highest BCUT2D eigenvalue weighted by Crippen LogP contribution is 2.13. The second kappa shape index (κ2) is 4.74. The largest absolute Gasteiger partial charge is 0.320 e. The fourth-order valence-electron chi connectivity index (χ4n) is 1.42. The zero-order valence-electron chi connectivity index (χ0n) is 9.77. The third-order valence-corrected chi connectivity index (χ3v) is 2.42. The maximum Gasteiger partial charge on any atom is 0.276 e. The van der Waals surface area contributed by atoms with Gasteiger partial charge in [0.1, 0.15) is 0 Å². The minimum absolute atomic E-state index is 0.244. The van der Waals surface area contributed by atoms with Crippen LogP contribution in [0.5, 0.6) is 0 Å². The van der Waals surface area contributed by atoms with E-state index in [-0.39, 0.29) is 5.91 Å². The van der Waals surface area contributed by atoms with Crippen LogP contribution in [0.15, 0.2) is 36.4 Å². The third-order valence-electron chi connectivity index (χ3n) is 2.42. The van der Waals surface area contributed by atoms with Crippen LogP contribution in [0.2, 0.25) is 0 Å². The molecule has 1 amide bonds. The number of para-hydroxylation sites is 1. The first-order valence-electron chi connectivity index (χ1n) is 5.34. The molecule has 0 bridgehead atoms. The molecule has 0 radical (unpaired) electrons. The van der Waals surface area contributed by atoms with Crippen LogP contribution in [0.3, 0.4) is 0 Å². The Morgan fingerprint density at radius 2 is 1.82 bits per heavy atom. The Morgan fingerprint density at radius 3 is 2.47 bits per heavy atom. The van der Waals surface area contributed by atoms with Gasteiger partial charge in [0.05, 0.1) is 5.69 Å². The van der Waals surface area contributed by atoms with Crippen LogP contribution in [0, 0.1) is 13.8 Å². The lowest BCUT2D eigenvalue weighted by Crippen LogP contribution is -2.15. The first-order chi connectivity index (χ1) is 8.16. The Bertz CT molecular complexity index is 535. The van der Waals surface area contributed by atoms with Gasteiger partial charge in [-0.2, -0.15) is 5.10 Å². The summed E-state index contributed by atoms with van der Waals surface area (Å²) in [5.74, 6) is -0.244. The molecule has 0 saturated carbocycles. The summed E-state index contributed by atoms with van der Waals surface area (Å²) >= 11 is 0. The zero-order valence-corrected chi connectivity index (χ0v) is 9.77. The predicted octanol–water partition coefficient (Wildman–Crippen LogP) is 2.35. The van der Waals surface area contributed by atoms with E-state index in [1.807, 2.05) is 38.1 Å². The molecular weight excluding hydrogens is 214 g/mol. The molecule has 0 atom stereocenters. The number of aryl methyl sites for hydroxylation is 2. The number of carbonyl (C=O) groups is 1. The number of hydrogen-bond acceptors (Lipinski definition) is 3. The molecule has 0 aliphatic heterocycles. The summed E-state index contributed by atoms with van der Waals surface area (Å²) < 4.78 is 0. The van der Waals surface area contributed by atoms with Gasteiger partial charge in [-0.05, 0) is 37.6 Å². The van der Waals surface area contributed by atoms with Gasteiger partial charge in [-0.15, -0.1) is 5.10 Å². The Balaban J connectivity index is 2.17. The Kier molecular flexibility index (Phi) is 3.14. The van der Waals surface area contributed by atoms with Gasteiger partial charge in [0.2, 0.25) is 0 Å². The van der Waals surface area contributed by atoms with Gasteiger partial charge in [0.25, 0.3) is 5.91 Å². The van der Waals surface area contributed by atoms with Crippen LogP contribution >= 0.6 is 0 Å². The fraction of sp³-hybridized carbons (Fsp3) is 0.154. The molecule has 1 aromatic heterocycles. The lowest BCUT2D eigenvalue weighted by molar-refractivity contribution is 0.102. The lowest BCUT2D eigenvalue weighted by atomic mass is 10.2. The Morgan fingerprint density at radius 1 is 1.06 bits per heavy atom. The standard InChI is InChI=1S/C13H13N3O/c1-9-5-3-4-6-11(9)14-13(17)12-8-7-10(2)15-16-12/h3-8H,1-2H3,(H,14,17). The van der Waals surface area contributed by atoms with Crippen molar-refractivity contribution in [2.75, 3.05) is 5.32 Å². The van der Waals surface area contributed by atoms with E-state index in [9.17, 15) is 4.79 Å². The highest BCUT2D eigenvalue weighted by Gasteiger charge is 2.08. The smallest absolute Gasteiger partial charge is 0.276 e. The van der Waals surface area contributed by atoms with Gasteiger partial charge < -0.3 is 5.32 Å². The van der Waals surface area contributed by atoms with E-state index >= 15 is 0 Å². The van der Waals surface area contributed by atoms with Crippen molar-refractivity contribution < 1.29 is 4.79 Å². The topological polar surface area (TPSA) is 54.9 Å². The first-order valence-corrected chi connectivity index (χ1v) is 5.34. The predicted molar refractivity (Wildman–Crippen MR) is 65.9 cm³/mol. The maximum atomic E-state index is 11.9. The van der Waals surface area contributed by atoms with Crippen LogP contribution in [0.25, 0.3) is 0 Å². The van der Waals surface area contributed by atoms with Crippen LogP contribution in [-0.2, 0) is 0 Å². The molecule has 0 saturated heterocycles. The summed E-state index contributed by atoms with van der Waals surface area (Å²) in [4.78, 5) is 11.9. The summed E-state index contributed by atoms with van der Waals surface area (Å²) in [5.41, 5.74) is 2.91. The molecule has 2 rings (SSSR count). The van der Waals surface area contributed by atoms with Crippen LogP contribution in [0.4, 0.5) is 5.69 Å². The molecule has 2 aromatic rings. The van der Waals surface area contributed by atoms with E-state index in [2.05, 4.69) is 15.5 Å². The highest BCUT2D eigenvalue weighted by atomic mass is 16.1. The summed E-state index contributed by atoms with van der Waals surface area (Å²) in [6.45, 7) is 3.77. The number of nitrogens with one attached hydrogen (secondary N) is 1. The van der Waals surface area contributed by atoms with Gasteiger partial charge in [-0.25, -0.2) is 0 Å². The lowest BCUT2D eigenvalue weighted by Gasteiger charge is -2.06. The van der Waals surface area contributed by atoms with E-state index in [0.29, 0.717) is 5.69 Å². The van der Waals surface area contributed by atoms with E-state index < -0.39 is 0 Å². The van der Waals surface area contributed by atoms with Gasteiger partial charge >= 0.3 is 0 Å². The van der Waals surface area contributed by atoms with Crippen molar-refractivity contribution in [2.24, 2.45) is 0 Å². The van der Waals surface area contributed by atoms with Gasteiger partial charge in [-0.1, -0.05) is 18.2 Å². The summed E-state index contributed by atoms with van der Waals surface area (Å²) in [6, 6.07) is 11.0. The molecule has 0 fully saturated rings. The van der Waals surface area contributed by atoms with Gasteiger partial charge in [0, 0.05) is 5.69 Å². The third kappa shape index (κ3) is 2.66. The number of aromatic nitrogens is 2. The van der Waals surface area contributed by atoms with Crippen molar-refractivity contribution >= 4 is 11.6 Å². The molecule has 0 spiro atoms. The Hall–Kier alpha value is -2.23. The van der Waals surface area contributed by atoms with E-state index in [4.69, 9.17) is 0 Å². The zero-order chi connectivity index (χ0) is 12.3. The summed E-state index contributed by atoms with van der Waals surface area (Å²) in [6.07, 6.45) is 0. The normalized spacial score (nSPS) is 10.0. The number of anilines is 1. The number of carbonyl (C=O) groups excluding carboxylic acids is 1. The molecule has 17 heavy (non-hydrogen) atoms. The number of amides is 1. The molecule has 0 aliphatic carbocycles. The monoisotopic (exact) mass is 227 g/mol. The average Bonchev–Trinajstić information content (AvgIpc) is 2.33. The highest BCUT2D eigenvalue weighted by molar-refractivity contribution is 6.03. The number of benzene rings is 1. The SMILES string of the molecule is Cc1ccc(C(=O)Nc2ccccc2C)nn1. The van der Waals surface area contributed by atoms with Crippen LogP contribution in [0.1, 0.15) is 21.7 Å². The molecule has 1 heterocycles. The second-order valence-electron chi connectivity index (χ2n) is 3.83. The van der Waals surface area contributed by atoms with Crippen molar-refractivity contribution in [2.45, 2.75) is 13.8 Å². The molecule has 86 valence electrons. The average molecular weight is 227 g/mol. The van der Waals surface area contributed by atoms with Crippen molar-refractivity contribution in [3.05, 3.63) is 53.3 Å². The Labute approximate surface area is 99.7 Å². The van der Waals surface area contributed by atoms with E-state index in [1.165, 1.54) is 0 Å². The first kappa shape index (κ1) is 11.3. The van der Waals surface area contributed by atoms with Crippen molar-refractivity contribution in [3.63, 3.8) is 0 Å². The van der Waals surface area contributed by atoms with Crippen molar-refractivity contribution in [3.8, 4) is 0 Å². The minimum Gasteiger partial charge on any atom is -0.320 e. The molecule has 0 unspecified atom stereocenters.